The van der Waals surface area contributed by atoms with E-state index in [9.17, 15) is 0 Å². The Kier molecular flexibility index (Phi) is 5.17. The molecule has 31 heavy (non-hydrogen) atoms. The predicted molar refractivity (Wildman–Crippen MR) is 130 cm³/mol. The van der Waals surface area contributed by atoms with E-state index in [1.807, 2.05) is 12.4 Å². The molecular formula is C25H30ClN5. The Hall–Kier alpha value is -2.53. The summed E-state index contributed by atoms with van der Waals surface area (Å²) in [6.45, 7) is 8.58. The van der Waals surface area contributed by atoms with E-state index in [1.165, 1.54) is 16.6 Å². The van der Waals surface area contributed by atoms with E-state index in [2.05, 4.69) is 60.1 Å². The number of aromatic nitrogens is 4. The fraction of sp³-hybridized carbons (Fsp3) is 0.440. The first-order chi connectivity index (χ1) is 15.0. The molecular weight excluding hydrogens is 406 g/mol. The van der Waals surface area contributed by atoms with Crippen LogP contribution in [0.5, 0.6) is 0 Å². The first-order valence-corrected chi connectivity index (χ1v) is 11.8. The molecule has 2 aromatic carbocycles. The molecule has 4 aromatic rings. The van der Waals surface area contributed by atoms with Crippen LogP contribution in [0, 0.1) is 6.92 Å². The van der Waals surface area contributed by atoms with Gasteiger partial charge in [0.2, 0.25) is 5.95 Å². The average Bonchev–Trinajstić information content (AvgIpc) is 3.25. The van der Waals surface area contributed by atoms with E-state index in [0.29, 0.717) is 5.92 Å². The quantitative estimate of drug-likeness (QED) is 0.357. The van der Waals surface area contributed by atoms with Gasteiger partial charge in [-0.2, -0.15) is 0 Å². The zero-order valence-corrected chi connectivity index (χ0v) is 19.6. The molecule has 1 aliphatic heterocycles. The van der Waals surface area contributed by atoms with Gasteiger partial charge in [0.25, 0.3) is 0 Å². The maximum absolute atomic E-state index is 6.69. The Morgan fingerprint density at radius 1 is 1.06 bits per heavy atom. The highest BCUT2D eigenvalue weighted by atomic mass is 35.5. The van der Waals surface area contributed by atoms with Crippen molar-refractivity contribution in [1.29, 1.82) is 0 Å². The minimum Gasteiger partial charge on any atom is -0.334 e. The van der Waals surface area contributed by atoms with Gasteiger partial charge in [0.15, 0.2) is 0 Å². The highest BCUT2D eigenvalue weighted by molar-refractivity contribution is 6.35. The minimum atomic E-state index is 0.513. The lowest BCUT2D eigenvalue weighted by Gasteiger charge is -2.23. The molecule has 0 fully saturated rings. The van der Waals surface area contributed by atoms with Gasteiger partial charge < -0.3 is 14.0 Å². The summed E-state index contributed by atoms with van der Waals surface area (Å²) in [6, 6.07) is 8.69. The van der Waals surface area contributed by atoms with Crippen molar-refractivity contribution in [3.05, 3.63) is 46.7 Å². The number of aryl methyl sites for hydroxylation is 3. The van der Waals surface area contributed by atoms with Crippen LogP contribution < -0.4 is 4.90 Å². The standard InChI is InChI=1S/C25H30ClN5/c1-5-17(6-2)18-9-10-19(26)22-24(18)31-12-8-7-11-30(25(31)28-22)21-14-16(3)13-20-23(21)27-15-29(20)4/h9-10,13-15,17H,5-8,11-12H2,1-4H3. The maximum Gasteiger partial charge on any atom is 0.211 e. The number of nitrogens with zero attached hydrogens (tertiary/aromatic N) is 5. The molecule has 6 heteroatoms. The van der Waals surface area contributed by atoms with Gasteiger partial charge in [-0.05, 0) is 67.9 Å². The Labute approximate surface area is 188 Å². The summed E-state index contributed by atoms with van der Waals surface area (Å²) in [7, 11) is 2.05. The molecule has 0 saturated heterocycles. The molecule has 5 nitrogen and oxygen atoms in total. The minimum absolute atomic E-state index is 0.513. The number of benzene rings is 2. The molecule has 0 unspecified atom stereocenters. The van der Waals surface area contributed by atoms with Gasteiger partial charge in [-0.3, -0.25) is 0 Å². The number of rotatable bonds is 4. The topological polar surface area (TPSA) is 38.9 Å². The molecule has 0 atom stereocenters. The molecule has 0 amide bonds. The molecule has 0 N–H and O–H groups in total. The zero-order chi connectivity index (χ0) is 21.7. The summed E-state index contributed by atoms with van der Waals surface area (Å²) in [6.07, 6.45) is 6.37. The molecule has 1 aliphatic rings. The molecule has 0 aliphatic carbocycles. The summed E-state index contributed by atoms with van der Waals surface area (Å²) < 4.78 is 4.51. The van der Waals surface area contributed by atoms with Crippen LogP contribution >= 0.6 is 11.6 Å². The fourth-order valence-electron chi connectivity index (χ4n) is 5.12. The van der Waals surface area contributed by atoms with Crippen LogP contribution in [0.25, 0.3) is 22.1 Å². The molecule has 2 aromatic heterocycles. The molecule has 0 bridgehead atoms. The van der Waals surface area contributed by atoms with E-state index >= 15 is 0 Å². The van der Waals surface area contributed by atoms with Crippen molar-refractivity contribution >= 4 is 45.3 Å². The van der Waals surface area contributed by atoms with Crippen molar-refractivity contribution < 1.29 is 0 Å². The Bertz CT molecular complexity index is 1260. The Morgan fingerprint density at radius 3 is 2.61 bits per heavy atom. The third-order valence-corrected chi connectivity index (χ3v) is 7.09. The lowest BCUT2D eigenvalue weighted by Crippen LogP contribution is -2.20. The first-order valence-electron chi connectivity index (χ1n) is 11.4. The van der Waals surface area contributed by atoms with E-state index in [-0.39, 0.29) is 0 Å². The van der Waals surface area contributed by atoms with Crippen LogP contribution in [-0.2, 0) is 13.6 Å². The number of hydrogen-bond donors (Lipinski definition) is 0. The van der Waals surface area contributed by atoms with Crippen molar-refractivity contribution in [3.63, 3.8) is 0 Å². The molecule has 0 radical (unpaired) electrons. The average molecular weight is 436 g/mol. The van der Waals surface area contributed by atoms with E-state index < -0.39 is 0 Å². The summed E-state index contributed by atoms with van der Waals surface area (Å²) >= 11 is 6.69. The molecule has 0 spiro atoms. The molecule has 0 saturated carbocycles. The van der Waals surface area contributed by atoms with Crippen LogP contribution in [0.2, 0.25) is 5.02 Å². The second-order valence-electron chi connectivity index (χ2n) is 8.78. The Morgan fingerprint density at radius 2 is 1.84 bits per heavy atom. The summed E-state index contributed by atoms with van der Waals surface area (Å²) in [5.74, 6) is 1.50. The van der Waals surface area contributed by atoms with Crippen molar-refractivity contribution in [2.45, 2.75) is 58.9 Å². The summed E-state index contributed by atoms with van der Waals surface area (Å²) in [4.78, 5) is 12.3. The number of imidazole rings is 2. The normalized spacial score (nSPS) is 14.6. The monoisotopic (exact) mass is 435 g/mol. The van der Waals surface area contributed by atoms with Crippen molar-refractivity contribution in [2.75, 3.05) is 11.4 Å². The predicted octanol–water partition coefficient (Wildman–Crippen LogP) is 6.72. The van der Waals surface area contributed by atoms with Crippen molar-refractivity contribution in [2.24, 2.45) is 7.05 Å². The molecule has 5 rings (SSSR count). The van der Waals surface area contributed by atoms with E-state index in [0.717, 1.165) is 72.0 Å². The fourth-order valence-corrected chi connectivity index (χ4v) is 5.31. The SMILES string of the molecule is CCC(CC)c1ccc(Cl)c2nc3n(c12)CCCCN3c1cc(C)cc2c1ncn2C. The van der Waals surface area contributed by atoms with Gasteiger partial charge in [-0.1, -0.05) is 31.5 Å². The van der Waals surface area contributed by atoms with Gasteiger partial charge in [0.1, 0.15) is 11.0 Å². The second-order valence-corrected chi connectivity index (χ2v) is 9.18. The maximum atomic E-state index is 6.69. The smallest absolute Gasteiger partial charge is 0.211 e. The molecule has 162 valence electrons. The van der Waals surface area contributed by atoms with Crippen LogP contribution in [0.3, 0.4) is 0 Å². The van der Waals surface area contributed by atoms with Crippen LogP contribution in [0.1, 0.15) is 56.6 Å². The lowest BCUT2D eigenvalue weighted by molar-refractivity contribution is 0.632. The summed E-state index contributed by atoms with van der Waals surface area (Å²) in [5.41, 5.74) is 8.06. The van der Waals surface area contributed by atoms with Crippen LogP contribution in [0.4, 0.5) is 11.6 Å². The van der Waals surface area contributed by atoms with Gasteiger partial charge in [-0.25, -0.2) is 9.97 Å². The highest BCUT2D eigenvalue weighted by Gasteiger charge is 2.27. The molecule has 3 heterocycles. The zero-order valence-electron chi connectivity index (χ0n) is 18.8. The van der Waals surface area contributed by atoms with Crippen molar-refractivity contribution in [1.82, 2.24) is 19.1 Å². The number of halogens is 1. The van der Waals surface area contributed by atoms with Crippen LogP contribution in [0.15, 0.2) is 30.6 Å². The first kappa shape index (κ1) is 20.4. The number of fused-ring (bicyclic) bond motifs is 4. The lowest BCUT2D eigenvalue weighted by atomic mass is 9.93. The third kappa shape index (κ3) is 3.21. The third-order valence-electron chi connectivity index (χ3n) is 6.78. The Balaban J connectivity index is 1.79. The largest absolute Gasteiger partial charge is 0.334 e. The van der Waals surface area contributed by atoms with Gasteiger partial charge >= 0.3 is 0 Å². The summed E-state index contributed by atoms with van der Waals surface area (Å²) in [5, 5.41) is 0.734. The van der Waals surface area contributed by atoms with Gasteiger partial charge in [0.05, 0.1) is 28.1 Å². The van der Waals surface area contributed by atoms with Crippen molar-refractivity contribution in [3.8, 4) is 0 Å². The number of anilines is 2. The van der Waals surface area contributed by atoms with Gasteiger partial charge in [0, 0.05) is 20.1 Å². The number of hydrogen-bond acceptors (Lipinski definition) is 3. The van der Waals surface area contributed by atoms with E-state index in [1.54, 1.807) is 0 Å². The van der Waals surface area contributed by atoms with E-state index in [4.69, 9.17) is 21.6 Å². The second kappa shape index (κ2) is 7.86. The highest BCUT2D eigenvalue weighted by Crippen LogP contribution is 2.40. The van der Waals surface area contributed by atoms with Crippen LogP contribution in [-0.4, -0.2) is 25.6 Å². The van der Waals surface area contributed by atoms with Gasteiger partial charge in [-0.15, -0.1) is 0 Å².